The van der Waals surface area contributed by atoms with Crippen molar-refractivity contribution in [3.8, 4) is 11.8 Å². The summed E-state index contributed by atoms with van der Waals surface area (Å²) in [7, 11) is 1.66. The standard InChI is InChI=1S/C49H56N8O6/c1-48(2)46(49(3,4)47(48)63-39-15-8-32(27-50)42-37(39)13-17-41(59)53(42)5)52-43(60)31-6-9-34(10-7-31)55-20-18-30(19-21-55)28-54-22-24-56(25-23-54)35-11-12-36-33(26-35)29-57(45(36)62)38-14-16-40(58)51-44(38)61/h6-13,15,17,26,30,38,46-47H,14,16,18-25,28-29H2,1-5H3,(H,52,60)(H,51,58,61)/t38-,46?,47?/m0/s1. The molecular weight excluding hydrogens is 797 g/mol. The quantitative estimate of drug-likeness (QED) is 0.224. The number of nitriles is 1. The lowest BCUT2D eigenvalue weighted by atomic mass is 9.49. The van der Waals surface area contributed by atoms with E-state index in [1.807, 2.05) is 24.3 Å². The number of amides is 4. The molecule has 1 atom stereocenters. The van der Waals surface area contributed by atoms with Crippen LogP contribution in [-0.4, -0.2) is 102 Å². The molecule has 4 amide bonds. The number of piperidine rings is 2. The molecule has 4 aliphatic heterocycles. The number of benzene rings is 3. The average molecular weight is 853 g/mol. The first-order valence-electron chi connectivity index (χ1n) is 22.2. The Morgan fingerprint density at radius 3 is 2.21 bits per heavy atom. The predicted molar refractivity (Wildman–Crippen MR) is 240 cm³/mol. The zero-order valence-electron chi connectivity index (χ0n) is 36.8. The van der Waals surface area contributed by atoms with Gasteiger partial charge in [0.15, 0.2) is 0 Å². The third-order valence-corrected chi connectivity index (χ3v) is 14.6. The van der Waals surface area contributed by atoms with Crippen LogP contribution in [0.1, 0.15) is 85.2 Å². The molecule has 5 aliphatic rings. The van der Waals surface area contributed by atoms with Crippen LogP contribution in [0.2, 0.25) is 0 Å². The van der Waals surface area contributed by atoms with E-state index in [2.05, 4.69) is 77.3 Å². The second kappa shape index (κ2) is 16.2. The molecule has 9 rings (SSSR count). The fraction of sp³-hybridized carbons (Fsp3) is 0.469. The maximum Gasteiger partial charge on any atom is 0.255 e. The van der Waals surface area contributed by atoms with Crippen molar-refractivity contribution < 1.29 is 23.9 Å². The number of carbonyl (C=O) groups is 4. The Labute approximate surface area is 367 Å². The molecule has 0 spiro atoms. The molecule has 0 bridgehead atoms. The first-order valence-corrected chi connectivity index (χ1v) is 22.2. The number of nitrogens with zero attached hydrogens (tertiary/aromatic N) is 6. The first-order chi connectivity index (χ1) is 30.1. The van der Waals surface area contributed by atoms with Crippen molar-refractivity contribution in [2.75, 3.05) is 55.6 Å². The second-order valence-corrected chi connectivity index (χ2v) is 19.3. The Bertz CT molecular complexity index is 2580. The monoisotopic (exact) mass is 852 g/mol. The fourth-order valence-corrected chi connectivity index (χ4v) is 11.3. The summed E-state index contributed by atoms with van der Waals surface area (Å²) >= 11 is 0. The third-order valence-electron chi connectivity index (χ3n) is 14.6. The van der Waals surface area contributed by atoms with E-state index in [4.69, 9.17) is 4.74 Å². The van der Waals surface area contributed by atoms with E-state index in [1.165, 1.54) is 10.6 Å². The number of nitrogens with one attached hydrogen (secondary N) is 2. The van der Waals surface area contributed by atoms with Crippen molar-refractivity contribution in [2.45, 2.75) is 78.1 Å². The van der Waals surface area contributed by atoms with Crippen molar-refractivity contribution in [1.82, 2.24) is 25.0 Å². The molecule has 14 nitrogen and oxygen atoms in total. The lowest BCUT2D eigenvalue weighted by molar-refractivity contribution is -0.163. The Morgan fingerprint density at radius 2 is 1.52 bits per heavy atom. The molecule has 0 unspecified atom stereocenters. The van der Waals surface area contributed by atoms with Gasteiger partial charge in [0.25, 0.3) is 17.4 Å². The number of ether oxygens (including phenoxy) is 1. The highest BCUT2D eigenvalue weighted by molar-refractivity contribution is 6.05. The SMILES string of the molecule is Cn1c(=O)ccc2c(OC3C(C)(C)C(NC(=O)c4ccc(N5CCC(CN6CCN(c7ccc8c(c7)CN([C@H]7CCC(=O)NC7=O)C8=O)CC6)CC5)cc4)C3(C)C)ccc(C#N)c21. The molecular formula is C49H56N8O6. The number of carbonyl (C=O) groups excluding carboxylic acids is 4. The van der Waals surface area contributed by atoms with Crippen LogP contribution in [0.25, 0.3) is 10.9 Å². The van der Waals surface area contributed by atoms with E-state index in [0.717, 1.165) is 75.6 Å². The minimum Gasteiger partial charge on any atom is -0.488 e. The van der Waals surface area contributed by atoms with Gasteiger partial charge in [0.1, 0.15) is 24.0 Å². The first kappa shape index (κ1) is 42.1. The highest BCUT2D eigenvalue weighted by atomic mass is 16.5. The number of imide groups is 1. The summed E-state index contributed by atoms with van der Waals surface area (Å²) in [6, 6.07) is 22.1. The summed E-state index contributed by atoms with van der Waals surface area (Å²) in [5.74, 6) is 0.288. The Kier molecular flexibility index (Phi) is 10.8. The molecule has 5 heterocycles. The summed E-state index contributed by atoms with van der Waals surface area (Å²) in [4.78, 5) is 72.4. The van der Waals surface area contributed by atoms with Gasteiger partial charge in [-0.15, -0.1) is 0 Å². The van der Waals surface area contributed by atoms with Gasteiger partial charge >= 0.3 is 0 Å². The average Bonchev–Trinajstić information content (AvgIpc) is 3.60. The van der Waals surface area contributed by atoms with Gasteiger partial charge in [-0.05, 0) is 91.4 Å². The summed E-state index contributed by atoms with van der Waals surface area (Å²) in [6.45, 7) is 15.6. The summed E-state index contributed by atoms with van der Waals surface area (Å²) in [6.07, 6.45) is 2.58. The molecule has 1 saturated carbocycles. The van der Waals surface area contributed by atoms with E-state index < -0.39 is 16.9 Å². The largest absolute Gasteiger partial charge is 0.488 e. The molecule has 4 aromatic rings. The van der Waals surface area contributed by atoms with Crippen LogP contribution in [0.5, 0.6) is 5.75 Å². The smallest absolute Gasteiger partial charge is 0.255 e. The number of piperazine rings is 1. The molecule has 14 heteroatoms. The molecule has 4 fully saturated rings. The molecule has 1 aromatic heterocycles. The lowest BCUT2D eigenvalue weighted by Gasteiger charge is -2.63. The molecule has 2 N–H and O–H groups in total. The van der Waals surface area contributed by atoms with Gasteiger partial charge < -0.3 is 29.3 Å². The lowest BCUT2D eigenvalue weighted by Crippen LogP contribution is -2.74. The Morgan fingerprint density at radius 1 is 0.841 bits per heavy atom. The Hall–Kier alpha value is -6.20. The number of anilines is 2. The molecule has 3 aromatic carbocycles. The van der Waals surface area contributed by atoms with Crippen molar-refractivity contribution in [2.24, 2.45) is 23.8 Å². The number of hydrogen-bond acceptors (Lipinski definition) is 10. The molecule has 0 radical (unpaired) electrons. The van der Waals surface area contributed by atoms with Gasteiger partial charge in [0, 0.05) is 117 Å². The molecule has 3 saturated heterocycles. The fourth-order valence-electron chi connectivity index (χ4n) is 11.3. The van der Waals surface area contributed by atoms with Gasteiger partial charge in [0.2, 0.25) is 11.8 Å². The van der Waals surface area contributed by atoms with Crippen molar-refractivity contribution in [1.29, 1.82) is 5.26 Å². The van der Waals surface area contributed by atoms with Crippen molar-refractivity contribution >= 4 is 45.9 Å². The third kappa shape index (κ3) is 7.60. The van der Waals surface area contributed by atoms with Gasteiger partial charge in [0.05, 0.1) is 11.1 Å². The van der Waals surface area contributed by atoms with E-state index in [9.17, 15) is 29.2 Å². The maximum absolute atomic E-state index is 13.7. The van der Waals surface area contributed by atoms with Crippen LogP contribution < -0.4 is 30.7 Å². The zero-order valence-corrected chi connectivity index (χ0v) is 36.8. The normalized spacial score (nSPS) is 23.5. The van der Waals surface area contributed by atoms with E-state index in [1.54, 1.807) is 30.1 Å². The molecule has 1 aliphatic carbocycles. The maximum atomic E-state index is 13.7. The van der Waals surface area contributed by atoms with Gasteiger partial charge in [-0.25, -0.2) is 0 Å². The van der Waals surface area contributed by atoms with Crippen molar-refractivity contribution in [3.05, 3.63) is 99.3 Å². The second-order valence-electron chi connectivity index (χ2n) is 19.3. The minimum absolute atomic E-state index is 0.119. The van der Waals surface area contributed by atoms with Gasteiger partial charge in [-0.1, -0.05) is 27.7 Å². The number of aromatic nitrogens is 1. The summed E-state index contributed by atoms with van der Waals surface area (Å²) in [5.41, 5.74) is 4.35. The van der Waals surface area contributed by atoms with E-state index in [-0.39, 0.29) is 47.8 Å². The van der Waals surface area contributed by atoms with Gasteiger partial charge in [-0.3, -0.25) is 34.2 Å². The highest BCUT2D eigenvalue weighted by Gasteiger charge is 2.64. The van der Waals surface area contributed by atoms with E-state index >= 15 is 0 Å². The van der Waals surface area contributed by atoms with Crippen LogP contribution >= 0.6 is 0 Å². The van der Waals surface area contributed by atoms with Gasteiger partial charge in [-0.2, -0.15) is 5.26 Å². The zero-order chi connectivity index (χ0) is 44.4. The van der Waals surface area contributed by atoms with Crippen LogP contribution in [0.3, 0.4) is 0 Å². The number of rotatable bonds is 9. The summed E-state index contributed by atoms with van der Waals surface area (Å²) < 4.78 is 8.16. The number of aryl methyl sites for hydroxylation is 1. The van der Waals surface area contributed by atoms with Crippen LogP contribution in [0, 0.1) is 28.1 Å². The molecule has 328 valence electrons. The molecule has 63 heavy (non-hydrogen) atoms. The summed E-state index contributed by atoms with van der Waals surface area (Å²) in [5, 5.41) is 16.1. The Balaban J connectivity index is 0.740. The number of pyridine rings is 1. The number of fused-ring (bicyclic) bond motifs is 2. The number of hydrogen-bond donors (Lipinski definition) is 2. The van der Waals surface area contributed by atoms with Crippen LogP contribution in [0.15, 0.2) is 71.5 Å². The van der Waals surface area contributed by atoms with E-state index in [0.29, 0.717) is 52.2 Å². The predicted octanol–water partition coefficient (Wildman–Crippen LogP) is 4.82. The highest BCUT2D eigenvalue weighted by Crippen LogP contribution is 2.56. The van der Waals surface area contributed by atoms with Crippen molar-refractivity contribution in [3.63, 3.8) is 0 Å². The van der Waals surface area contributed by atoms with Crippen LogP contribution in [0.4, 0.5) is 11.4 Å². The topological polar surface area (TPSA) is 160 Å². The van der Waals surface area contributed by atoms with Crippen LogP contribution in [-0.2, 0) is 23.2 Å². The minimum atomic E-state index is -0.608.